The zero-order chi connectivity index (χ0) is 13.2. The first kappa shape index (κ1) is 15.2. The second kappa shape index (κ2) is 9.12. The third kappa shape index (κ3) is 5.65. The summed E-state index contributed by atoms with van der Waals surface area (Å²) < 4.78 is 0. The van der Waals surface area contributed by atoms with E-state index in [0.29, 0.717) is 12.6 Å². The molecule has 18 heavy (non-hydrogen) atoms. The van der Waals surface area contributed by atoms with E-state index in [9.17, 15) is 5.11 Å². The van der Waals surface area contributed by atoms with Gasteiger partial charge in [0.25, 0.3) is 0 Å². The molecule has 0 saturated carbocycles. The Balaban J connectivity index is 2.52. The zero-order valence-corrected chi connectivity index (χ0v) is 11.7. The van der Waals surface area contributed by atoms with Crippen LogP contribution in [0.15, 0.2) is 30.3 Å². The van der Waals surface area contributed by atoms with E-state index in [4.69, 9.17) is 0 Å². The van der Waals surface area contributed by atoms with Gasteiger partial charge in [-0.1, -0.05) is 63.4 Å². The Hall–Kier alpha value is -0.860. The fourth-order valence-electron chi connectivity index (χ4n) is 2.09. The normalized spacial score (nSPS) is 14.4. The first-order chi connectivity index (χ1) is 8.77. The number of rotatable bonds is 9. The molecule has 0 aliphatic rings. The van der Waals surface area contributed by atoms with Crippen LogP contribution in [0.2, 0.25) is 0 Å². The molecule has 2 N–H and O–H groups in total. The summed E-state index contributed by atoms with van der Waals surface area (Å²) in [5.74, 6) is 0. The van der Waals surface area contributed by atoms with Gasteiger partial charge in [-0.15, -0.1) is 0 Å². The predicted octanol–water partition coefficient (Wildman–Crippen LogP) is 3.67. The van der Waals surface area contributed by atoms with Crippen molar-refractivity contribution in [3.8, 4) is 0 Å². The van der Waals surface area contributed by atoms with Gasteiger partial charge in [0, 0.05) is 12.6 Å². The van der Waals surface area contributed by atoms with Gasteiger partial charge >= 0.3 is 0 Å². The van der Waals surface area contributed by atoms with Crippen molar-refractivity contribution < 1.29 is 5.11 Å². The summed E-state index contributed by atoms with van der Waals surface area (Å²) >= 11 is 0. The monoisotopic (exact) mass is 249 g/mol. The van der Waals surface area contributed by atoms with Gasteiger partial charge < -0.3 is 10.4 Å². The maximum Gasteiger partial charge on any atom is 0.0662 e. The summed E-state index contributed by atoms with van der Waals surface area (Å²) in [4.78, 5) is 0. The summed E-state index contributed by atoms with van der Waals surface area (Å²) in [6.07, 6.45) is 5.49. The maximum atomic E-state index is 9.66. The smallest absolute Gasteiger partial charge is 0.0662 e. The van der Waals surface area contributed by atoms with Crippen molar-refractivity contribution in [2.75, 3.05) is 6.54 Å². The molecule has 0 bridgehead atoms. The van der Waals surface area contributed by atoms with E-state index < -0.39 is 0 Å². The highest BCUT2D eigenvalue weighted by Crippen LogP contribution is 2.19. The molecule has 2 heteroatoms. The molecule has 102 valence electrons. The lowest BCUT2D eigenvalue weighted by Gasteiger charge is -2.21. The molecule has 0 heterocycles. The Kier molecular flexibility index (Phi) is 7.70. The molecule has 1 rings (SSSR count). The molecule has 0 radical (unpaired) electrons. The van der Waals surface area contributed by atoms with Crippen LogP contribution in [-0.2, 0) is 0 Å². The van der Waals surface area contributed by atoms with Crippen molar-refractivity contribution in [1.82, 2.24) is 5.32 Å². The number of aliphatic hydroxyl groups excluding tert-OH is 1. The summed E-state index contributed by atoms with van der Waals surface area (Å²) in [5.41, 5.74) is 1.33. The minimum atomic E-state index is -0.234. The van der Waals surface area contributed by atoms with Crippen LogP contribution in [0, 0.1) is 0 Å². The zero-order valence-electron chi connectivity index (χ0n) is 11.7. The second-order valence-corrected chi connectivity index (χ2v) is 4.93. The summed E-state index contributed by atoms with van der Waals surface area (Å²) in [7, 11) is 0. The van der Waals surface area contributed by atoms with E-state index in [1.807, 2.05) is 13.0 Å². The van der Waals surface area contributed by atoms with Crippen molar-refractivity contribution in [3.63, 3.8) is 0 Å². The highest BCUT2D eigenvalue weighted by atomic mass is 16.3. The minimum Gasteiger partial charge on any atom is -0.392 e. The van der Waals surface area contributed by atoms with Gasteiger partial charge in [0.1, 0.15) is 0 Å². The lowest BCUT2D eigenvalue weighted by molar-refractivity contribution is 0.162. The van der Waals surface area contributed by atoms with Crippen LogP contribution in [0.4, 0.5) is 0 Å². The topological polar surface area (TPSA) is 32.3 Å². The first-order valence-electron chi connectivity index (χ1n) is 7.24. The van der Waals surface area contributed by atoms with Crippen molar-refractivity contribution in [2.45, 2.75) is 58.1 Å². The van der Waals surface area contributed by atoms with Gasteiger partial charge in [-0.25, -0.2) is 0 Å². The fourth-order valence-corrected chi connectivity index (χ4v) is 2.09. The molecule has 2 unspecified atom stereocenters. The van der Waals surface area contributed by atoms with Gasteiger partial charge in [0.2, 0.25) is 0 Å². The Morgan fingerprint density at radius 3 is 2.44 bits per heavy atom. The molecular formula is C16H27NO. The van der Waals surface area contributed by atoms with Crippen molar-refractivity contribution in [3.05, 3.63) is 35.9 Å². The second-order valence-electron chi connectivity index (χ2n) is 4.93. The van der Waals surface area contributed by atoms with E-state index in [0.717, 1.165) is 12.8 Å². The lowest BCUT2D eigenvalue weighted by Crippen LogP contribution is -2.30. The number of hydrogen-bond donors (Lipinski definition) is 2. The third-order valence-electron chi connectivity index (χ3n) is 3.37. The number of unbranched alkanes of at least 4 members (excludes halogenated alkanes) is 2. The van der Waals surface area contributed by atoms with Crippen LogP contribution in [0.3, 0.4) is 0 Å². The van der Waals surface area contributed by atoms with Crippen molar-refractivity contribution in [1.29, 1.82) is 0 Å². The van der Waals surface area contributed by atoms with E-state index in [1.165, 1.54) is 24.8 Å². The molecule has 0 saturated heterocycles. The molecule has 0 amide bonds. The molecule has 1 aromatic carbocycles. The summed E-state index contributed by atoms with van der Waals surface area (Å²) in [6, 6.07) is 10.9. The fraction of sp³-hybridized carbons (Fsp3) is 0.625. The molecule has 2 nitrogen and oxygen atoms in total. The van der Waals surface area contributed by atoms with Crippen molar-refractivity contribution >= 4 is 0 Å². The Morgan fingerprint density at radius 2 is 1.83 bits per heavy atom. The van der Waals surface area contributed by atoms with Crippen LogP contribution in [0.5, 0.6) is 0 Å². The molecule has 1 aromatic rings. The number of hydrogen-bond acceptors (Lipinski definition) is 2. The van der Waals surface area contributed by atoms with Gasteiger partial charge in [0.05, 0.1) is 6.10 Å². The quantitative estimate of drug-likeness (QED) is 0.654. The summed E-state index contributed by atoms with van der Waals surface area (Å²) in [6.45, 7) is 4.93. The number of nitrogens with one attached hydrogen (secondary N) is 1. The third-order valence-corrected chi connectivity index (χ3v) is 3.37. The Labute approximate surface area is 111 Å². The van der Waals surface area contributed by atoms with Gasteiger partial charge in [-0.2, -0.15) is 0 Å². The lowest BCUT2D eigenvalue weighted by atomic mass is 10.00. The van der Waals surface area contributed by atoms with Gasteiger partial charge in [-0.05, 0) is 18.4 Å². The van der Waals surface area contributed by atoms with Crippen LogP contribution in [0.25, 0.3) is 0 Å². The number of benzene rings is 1. The van der Waals surface area contributed by atoms with E-state index in [2.05, 4.69) is 36.5 Å². The molecule has 0 aliphatic heterocycles. The molecule has 2 atom stereocenters. The SMILES string of the molecule is CCCCCC(NCC(O)CC)c1ccccc1. The van der Waals surface area contributed by atoms with Crippen LogP contribution in [0.1, 0.15) is 57.6 Å². The molecular weight excluding hydrogens is 222 g/mol. The van der Waals surface area contributed by atoms with E-state index >= 15 is 0 Å². The Morgan fingerprint density at radius 1 is 1.11 bits per heavy atom. The van der Waals surface area contributed by atoms with Crippen molar-refractivity contribution in [2.24, 2.45) is 0 Å². The van der Waals surface area contributed by atoms with Gasteiger partial charge in [-0.3, -0.25) is 0 Å². The standard InChI is InChI=1S/C16H27NO/c1-3-5-7-12-16(17-13-15(18)4-2)14-10-8-6-9-11-14/h6,8-11,15-18H,3-5,7,12-13H2,1-2H3. The largest absolute Gasteiger partial charge is 0.392 e. The molecule has 0 fully saturated rings. The van der Waals surface area contributed by atoms with Crippen LogP contribution >= 0.6 is 0 Å². The van der Waals surface area contributed by atoms with Crippen LogP contribution in [-0.4, -0.2) is 17.8 Å². The average Bonchev–Trinajstić information content (AvgIpc) is 2.43. The predicted molar refractivity (Wildman–Crippen MR) is 77.6 cm³/mol. The average molecular weight is 249 g/mol. The van der Waals surface area contributed by atoms with E-state index in [-0.39, 0.29) is 6.10 Å². The molecule has 0 aliphatic carbocycles. The highest BCUT2D eigenvalue weighted by Gasteiger charge is 2.11. The van der Waals surface area contributed by atoms with Gasteiger partial charge in [0.15, 0.2) is 0 Å². The molecule has 0 aromatic heterocycles. The summed E-state index contributed by atoms with van der Waals surface area (Å²) in [5, 5.41) is 13.2. The molecule has 0 spiro atoms. The van der Waals surface area contributed by atoms with E-state index in [1.54, 1.807) is 0 Å². The van der Waals surface area contributed by atoms with Crippen LogP contribution < -0.4 is 5.32 Å². The highest BCUT2D eigenvalue weighted by molar-refractivity contribution is 5.18. The number of aliphatic hydroxyl groups is 1. The minimum absolute atomic E-state index is 0.234. The first-order valence-corrected chi connectivity index (χ1v) is 7.24. The Bertz CT molecular complexity index is 299. The maximum absolute atomic E-state index is 9.66.